The largest absolute Gasteiger partial charge is 0.383 e. The van der Waals surface area contributed by atoms with E-state index in [9.17, 15) is 21.6 Å². The summed E-state index contributed by atoms with van der Waals surface area (Å²) in [5.74, 6) is -0.124. The smallest absolute Gasteiger partial charge is 0.306 e. The van der Waals surface area contributed by atoms with Crippen molar-refractivity contribution in [2.75, 3.05) is 32.1 Å². The first-order valence-corrected chi connectivity index (χ1v) is 10.6. The number of amides is 1. The first kappa shape index (κ1) is 18.5. The van der Waals surface area contributed by atoms with E-state index >= 15 is 0 Å². The Morgan fingerprint density at radius 1 is 1.12 bits per heavy atom. The van der Waals surface area contributed by atoms with Crippen LogP contribution in [0, 0.1) is 0 Å². The van der Waals surface area contributed by atoms with Gasteiger partial charge in [-0.3, -0.25) is 4.79 Å². The fourth-order valence-corrected chi connectivity index (χ4v) is 3.11. The molecule has 9 nitrogen and oxygen atoms in total. The van der Waals surface area contributed by atoms with Crippen LogP contribution in [0.2, 0.25) is 0 Å². The van der Waals surface area contributed by atoms with Gasteiger partial charge in [0.15, 0.2) is 0 Å². The number of piperazine rings is 1. The van der Waals surface area contributed by atoms with E-state index in [0.717, 1.165) is 12.5 Å². The van der Waals surface area contributed by atoms with E-state index in [2.05, 4.69) is 5.32 Å². The minimum absolute atomic E-state index is 0.0101. The number of hydrogen-bond acceptors (Lipinski definition) is 8. The highest BCUT2D eigenvalue weighted by Crippen LogP contribution is 2.27. The average molecular weight is 378 g/mol. The fraction of sp³-hybridized carbons (Fsp3) is 0.462. The highest BCUT2D eigenvalue weighted by molar-refractivity contribution is 7.86. The van der Waals surface area contributed by atoms with Crippen molar-refractivity contribution >= 4 is 26.1 Å². The molecule has 0 aromatic heterocycles. The van der Waals surface area contributed by atoms with Crippen LogP contribution in [0.15, 0.2) is 18.2 Å². The van der Waals surface area contributed by atoms with Gasteiger partial charge in [0.05, 0.1) is 19.1 Å². The van der Waals surface area contributed by atoms with Crippen molar-refractivity contribution in [3.05, 3.63) is 23.8 Å². The zero-order valence-electron chi connectivity index (χ0n) is 13.2. The fourth-order valence-electron chi connectivity index (χ4n) is 2.17. The average Bonchev–Trinajstić information content (AvgIpc) is 2.41. The molecule has 1 fully saturated rings. The first-order valence-electron chi connectivity index (χ1n) is 6.94. The van der Waals surface area contributed by atoms with Crippen LogP contribution in [-0.2, 0) is 31.6 Å². The lowest BCUT2D eigenvalue weighted by Crippen LogP contribution is -2.47. The zero-order valence-corrected chi connectivity index (χ0v) is 14.8. The second-order valence-corrected chi connectivity index (χ2v) is 8.49. The molecular weight excluding hydrogens is 360 g/mol. The third-order valence-corrected chi connectivity index (χ3v) is 4.05. The number of hydrogen-bond donors (Lipinski definition) is 1. The third kappa shape index (κ3) is 5.65. The van der Waals surface area contributed by atoms with Gasteiger partial charge in [0.1, 0.15) is 11.5 Å². The van der Waals surface area contributed by atoms with Crippen molar-refractivity contribution in [1.29, 1.82) is 0 Å². The molecule has 0 saturated carbocycles. The summed E-state index contributed by atoms with van der Waals surface area (Å²) >= 11 is 0. The van der Waals surface area contributed by atoms with Crippen molar-refractivity contribution in [2.45, 2.75) is 6.54 Å². The molecule has 1 saturated heterocycles. The topological polar surface area (TPSA) is 119 Å². The third-order valence-electron chi connectivity index (χ3n) is 3.07. The highest BCUT2D eigenvalue weighted by atomic mass is 32.2. The maximum atomic E-state index is 11.9. The van der Waals surface area contributed by atoms with Gasteiger partial charge in [-0.2, -0.15) is 16.8 Å². The Hall–Kier alpha value is -1.85. The van der Waals surface area contributed by atoms with Crippen LogP contribution >= 0.6 is 0 Å². The summed E-state index contributed by atoms with van der Waals surface area (Å²) in [5.41, 5.74) is 0.330. The Kier molecular flexibility index (Phi) is 5.35. The first-order chi connectivity index (χ1) is 11.0. The minimum Gasteiger partial charge on any atom is -0.383 e. The number of nitrogens with zero attached hydrogens (tertiary/aromatic N) is 1. The van der Waals surface area contributed by atoms with Crippen molar-refractivity contribution in [3.8, 4) is 11.5 Å². The predicted octanol–water partition coefficient (Wildman–Crippen LogP) is -0.705. The molecular formula is C13H18N2O7S2. The molecule has 1 heterocycles. The van der Waals surface area contributed by atoms with E-state index in [4.69, 9.17) is 8.37 Å². The van der Waals surface area contributed by atoms with Crippen molar-refractivity contribution < 1.29 is 30.0 Å². The van der Waals surface area contributed by atoms with Crippen molar-refractivity contribution in [1.82, 2.24) is 10.2 Å². The van der Waals surface area contributed by atoms with E-state index in [1.54, 1.807) is 0 Å². The highest BCUT2D eigenvalue weighted by Gasteiger charge is 2.21. The van der Waals surface area contributed by atoms with Crippen LogP contribution in [0.25, 0.3) is 0 Å². The molecule has 1 aromatic carbocycles. The zero-order chi connectivity index (χ0) is 18.0. The Labute approximate surface area is 140 Å². The lowest BCUT2D eigenvalue weighted by atomic mass is 10.1. The monoisotopic (exact) mass is 378 g/mol. The molecule has 134 valence electrons. The standard InChI is InChI=1S/C13H18N2O7S2/c1-23(17,18)21-11-3-4-12(22-24(2,19)20)10(7-11)9-15-6-5-14-8-13(15)16/h3-4,7,14H,5-6,8-9H2,1-2H3. The van der Waals surface area contributed by atoms with E-state index in [-0.39, 0.29) is 30.5 Å². The van der Waals surface area contributed by atoms with E-state index < -0.39 is 20.2 Å². The van der Waals surface area contributed by atoms with Crippen LogP contribution in [0.4, 0.5) is 0 Å². The van der Waals surface area contributed by atoms with E-state index in [1.807, 2.05) is 0 Å². The quantitative estimate of drug-likeness (QED) is 0.645. The normalized spacial score (nSPS) is 16.1. The summed E-state index contributed by atoms with van der Waals surface area (Å²) in [7, 11) is -7.51. The Morgan fingerprint density at radius 2 is 1.79 bits per heavy atom. The van der Waals surface area contributed by atoms with Crippen LogP contribution in [0.1, 0.15) is 5.56 Å². The van der Waals surface area contributed by atoms with Crippen molar-refractivity contribution in [3.63, 3.8) is 0 Å². The molecule has 0 bridgehead atoms. The predicted molar refractivity (Wildman–Crippen MR) is 85.7 cm³/mol. The summed E-state index contributed by atoms with van der Waals surface area (Å²) < 4.78 is 55.0. The Balaban J connectivity index is 2.35. The Morgan fingerprint density at radius 3 is 2.38 bits per heavy atom. The van der Waals surface area contributed by atoms with Gasteiger partial charge in [-0.15, -0.1) is 0 Å². The molecule has 0 spiro atoms. The number of carbonyl (C=O) groups excluding carboxylic acids is 1. The summed E-state index contributed by atoms with van der Waals surface area (Å²) in [4.78, 5) is 13.4. The summed E-state index contributed by atoms with van der Waals surface area (Å²) in [6, 6.07) is 3.92. The molecule has 1 aliphatic rings. The van der Waals surface area contributed by atoms with Crippen LogP contribution in [0.3, 0.4) is 0 Å². The van der Waals surface area contributed by atoms with Gasteiger partial charge < -0.3 is 18.6 Å². The molecule has 1 N–H and O–H groups in total. The van der Waals surface area contributed by atoms with Crippen LogP contribution < -0.4 is 13.7 Å². The van der Waals surface area contributed by atoms with Gasteiger partial charge in [-0.05, 0) is 18.2 Å². The molecule has 11 heteroatoms. The molecule has 1 aromatic rings. The number of nitrogens with one attached hydrogen (secondary N) is 1. The molecule has 1 amide bonds. The maximum Gasteiger partial charge on any atom is 0.306 e. The lowest BCUT2D eigenvalue weighted by Gasteiger charge is -2.28. The number of rotatable bonds is 6. The van der Waals surface area contributed by atoms with Gasteiger partial charge in [0.25, 0.3) is 0 Å². The minimum atomic E-state index is -3.78. The molecule has 0 atom stereocenters. The second kappa shape index (κ2) is 6.95. The SMILES string of the molecule is CS(=O)(=O)Oc1ccc(OS(C)(=O)=O)c(CN2CCNCC2=O)c1. The van der Waals surface area contributed by atoms with Gasteiger partial charge in [0.2, 0.25) is 5.91 Å². The molecule has 1 aliphatic heterocycles. The molecule has 24 heavy (non-hydrogen) atoms. The maximum absolute atomic E-state index is 11.9. The van der Waals surface area contributed by atoms with Gasteiger partial charge in [-0.25, -0.2) is 0 Å². The molecule has 0 unspecified atom stereocenters. The summed E-state index contributed by atoms with van der Waals surface area (Å²) in [6.45, 7) is 1.30. The lowest BCUT2D eigenvalue weighted by molar-refractivity contribution is -0.132. The van der Waals surface area contributed by atoms with E-state index in [0.29, 0.717) is 18.7 Å². The molecule has 2 rings (SSSR count). The molecule has 0 radical (unpaired) electrons. The molecule has 0 aliphatic carbocycles. The number of benzene rings is 1. The van der Waals surface area contributed by atoms with Gasteiger partial charge >= 0.3 is 20.2 Å². The van der Waals surface area contributed by atoms with Gasteiger partial charge in [0, 0.05) is 25.2 Å². The van der Waals surface area contributed by atoms with Gasteiger partial charge in [-0.1, -0.05) is 0 Å². The number of carbonyl (C=O) groups is 1. The second-order valence-electron chi connectivity index (χ2n) is 5.34. The summed E-state index contributed by atoms with van der Waals surface area (Å²) in [5, 5.41) is 2.92. The Bertz CT molecular complexity index is 834. The van der Waals surface area contributed by atoms with Crippen LogP contribution in [0.5, 0.6) is 11.5 Å². The van der Waals surface area contributed by atoms with E-state index in [1.165, 1.54) is 23.1 Å². The van der Waals surface area contributed by atoms with Crippen LogP contribution in [-0.4, -0.2) is 59.8 Å². The van der Waals surface area contributed by atoms with Crippen molar-refractivity contribution in [2.24, 2.45) is 0 Å². The summed E-state index contributed by atoms with van der Waals surface area (Å²) in [6.07, 6.45) is 1.79.